The number of amides is 1. The quantitative estimate of drug-likeness (QED) is 0.658. The summed E-state index contributed by atoms with van der Waals surface area (Å²) in [5, 5.41) is 16.6. The summed E-state index contributed by atoms with van der Waals surface area (Å²) in [5.74, 6) is 0.171. The van der Waals surface area contributed by atoms with Crippen molar-refractivity contribution in [3.05, 3.63) is 11.4 Å². The number of aliphatic hydroxyl groups is 1. The lowest BCUT2D eigenvalue weighted by atomic mass is 10.1. The minimum absolute atomic E-state index is 0.221. The Morgan fingerprint density at radius 3 is 2.78 bits per heavy atom. The van der Waals surface area contributed by atoms with Crippen LogP contribution in [0.1, 0.15) is 48.3 Å². The van der Waals surface area contributed by atoms with Crippen LogP contribution in [0, 0.1) is 5.92 Å². The molecule has 1 aliphatic rings. The SMILES string of the molecule is NC(=O)c1nnn(CCCCCO)c1CC1CC1. The first-order chi connectivity index (χ1) is 8.72. The molecule has 0 radical (unpaired) electrons. The summed E-state index contributed by atoms with van der Waals surface area (Å²) in [6, 6.07) is 0. The molecule has 1 saturated carbocycles. The number of carbonyl (C=O) groups is 1. The van der Waals surface area contributed by atoms with Gasteiger partial charge in [0.2, 0.25) is 0 Å². The van der Waals surface area contributed by atoms with E-state index in [1.165, 1.54) is 12.8 Å². The maximum absolute atomic E-state index is 11.3. The second-order valence-electron chi connectivity index (χ2n) is 4.90. The Morgan fingerprint density at radius 2 is 2.17 bits per heavy atom. The van der Waals surface area contributed by atoms with E-state index in [4.69, 9.17) is 10.8 Å². The molecule has 1 aromatic rings. The Bertz CT molecular complexity index is 412. The number of hydrogen-bond acceptors (Lipinski definition) is 4. The van der Waals surface area contributed by atoms with E-state index in [1.807, 2.05) is 0 Å². The first-order valence-electron chi connectivity index (χ1n) is 6.55. The van der Waals surface area contributed by atoms with Gasteiger partial charge in [-0.2, -0.15) is 0 Å². The zero-order valence-electron chi connectivity index (χ0n) is 10.5. The van der Waals surface area contributed by atoms with Gasteiger partial charge in [-0.05, 0) is 44.4 Å². The van der Waals surface area contributed by atoms with Crippen molar-refractivity contribution in [2.24, 2.45) is 11.7 Å². The van der Waals surface area contributed by atoms with Crippen molar-refractivity contribution in [1.82, 2.24) is 15.0 Å². The van der Waals surface area contributed by atoms with Crippen LogP contribution >= 0.6 is 0 Å². The molecule has 0 unspecified atom stereocenters. The number of carbonyl (C=O) groups excluding carboxylic acids is 1. The molecule has 1 aromatic heterocycles. The van der Waals surface area contributed by atoms with E-state index in [9.17, 15) is 4.79 Å². The minimum atomic E-state index is -0.493. The highest BCUT2D eigenvalue weighted by Crippen LogP contribution is 2.33. The van der Waals surface area contributed by atoms with Crippen molar-refractivity contribution in [3.63, 3.8) is 0 Å². The van der Waals surface area contributed by atoms with E-state index in [1.54, 1.807) is 4.68 Å². The van der Waals surface area contributed by atoms with Crippen molar-refractivity contribution in [1.29, 1.82) is 0 Å². The number of aromatic nitrogens is 3. The van der Waals surface area contributed by atoms with Crippen LogP contribution in [0.5, 0.6) is 0 Å². The summed E-state index contributed by atoms with van der Waals surface area (Å²) < 4.78 is 1.80. The second kappa shape index (κ2) is 5.95. The first kappa shape index (κ1) is 13.0. The lowest BCUT2D eigenvalue weighted by Gasteiger charge is -2.06. The average molecular weight is 252 g/mol. The van der Waals surface area contributed by atoms with Gasteiger partial charge in [-0.25, -0.2) is 4.68 Å². The number of primary amides is 1. The highest BCUT2D eigenvalue weighted by Gasteiger charge is 2.27. The van der Waals surface area contributed by atoms with Gasteiger partial charge in [0.1, 0.15) is 0 Å². The van der Waals surface area contributed by atoms with Gasteiger partial charge in [-0.15, -0.1) is 5.10 Å². The van der Waals surface area contributed by atoms with E-state index in [-0.39, 0.29) is 6.61 Å². The Morgan fingerprint density at radius 1 is 1.39 bits per heavy atom. The number of unbranched alkanes of at least 4 members (excludes halogenated alkanes) is 2. The highest BCUT2D eigenvalue weighted by atomic mass is 16.2. The normalized spacial score (nSPS) is 14.9. The third-order valence-corrected chi connectivity index (χ3v) is 3.28. The summed E-state index contributed by atoms with van der Waals surface area (Å²) in [6.07, 6.45) is 5.97. The molecule has 3 N–H and O–H groups in total. The van der Waals surface area contributed by atoms with Gasteiger partial charge >= 0.3 is 0 Å². The largest absolute Gasteiger partial charge is 0.396 e. The topological polar surface area (TPSA) is 94.0 Å². The summed E-state index contributed by atoms with van der Waals surface area (Å²) in [5.41, 5.74) is 6.52. The van der Waals surface area contributed by atoms with Crippen LogP contribution in [0.25, 0.3) is 0 Å². The zero-order chi connectivity index (χ0) is 13.0. The summed E-state index contributed by atoms with van der Waals surface area (Å²) >= 11 is 0. The van der Waals surface area contributed by atoms with Gasteiger partial charge in [-0.3, -0.25) is 4.79 Å². The van der Waals surface area contributed by atoms with Gasteiger partial charge in [0, 0.05) is 13.2 Å². The van der Waals surface area contributed by atoms with E-state index < -0.39 is 5.91 Å². The standard InChI is InChI=1S/C12H20N4O2/c13-12(18)11-10(8-9-4-5-9)16(15-14-11)6-2-1-3-7-17/h9,17H,1-8H2,(H2,13,18). The molecule has 1 heterocycles. The van der Waals surface area contributed by atoms with Gasteiger partial charge in [0.05, 0.1) is 5.69 Å². The summed E-state index contributed by atoms with van der Waals surface area (Å²) in [6.45, 7) is 0.959. The average Bonchev–Trinajstić information content (AvgIpc) is 3.05. The molecule has 18 heavy (non-hydrogen) atoms. The fourth-order valence-electron chi connectivity index (χ4n) is 2.05. The molecule has 0 bridgehead atoms. The van der Waals surface area contributed by atoms with Gasteiger partial charge in [-0.1, -0.05) is 5.21 Å². The molecule has 0 aromatic carbocycles. The maximum Gasteiger partial charge on any atom is 0.271 e. The van der Waals surface area contributed by atoms with Crippen molar-refractivity contribution < 1.29 is 9.90 Å². The molecule has 0 aliphatic heterocycles. The number of nitrogens with two attached hydrogens (primary N) is 1. The van der Waals surface area contributed by atoms with Crippen LogP contribution in [-0.2, 0) is 13.0 Å². The van der Waals surface area contributed by atoms with E-state index in [0.717, 1.165) is 37.9 Å². The number of hydrogen-bond donors (Lipinski definition) is 2. The van der Waals surface area contributed by atoms with Crippen molar-refractivity contribution in [2.75, 3.05) is 6.61 Å². The van der Waals surface area contributed by atoms with Crippen molar-refractivity contribution in [2.45, 2.75) is 45.1 Å². The lowest BCUT2D eigenvalue weighted by Crippen LogP contribution is -2.16. The molecule has 6 heteroatoms. The molecule has 2 rings (SSSR count). The fraction of sp³-hybridized carbons (Fsp3) is 0.750. The zero-order valence-corrected chi connectivity index (χ0v) is 10.5. The number of nitrogens with zero attached hydrogens (tertiary/aromatic N) is 3. The molecule has 1 amide bonds. The third-order valence-electron chi connectivity index (χ3n) is 3.28. The van der Waals surface area contributed by atoms with Gasteiger partial charge in [0.15, 0.2) is 5.69 Å². The predicted octanol–water partition coefficient (Wildman–Crippen LogP) is 0.492. The van der Waals surface area contributed by atoms with Crippen LogP contribution in [0.3, 0.4) is 0 Å². The Balaban J connectivity index is 2.00. The predicted molar refractivity (Wildman–Crippen MR) is 65.9 cm³/mol. The molecule has 0 spiro atoms. The second-order valence-corrected chi connectivity index (χ2v) is 4.90. The highest BCUT2D eigenvalue weighted by molar-refractivity contribution is 5.91. The minimum Gasteiger partial charge on any atom is -0.396 e. The van der Waals surface area contributed by atoms with Crippen molar-refractivity contribution in [3.8, 4) is 0 Å². The van der Waals surface area contributed by atoms with Crippen LogP contribution in [0.2, 0.25) is 0 Å². The molecule has 0 saturated heterocycles. The molecule has 0 atom stereocenters. The molecule has 1 aliphatic carbocycles. The molecular formula is C12H20N4O2. The first-order valence-corrected chi connectivity index (χ1v) is 6.55. The fourth-order valence-corrected chi connectivity index (χ4v) is 2.05. The van der Waals surface area contributed by atoms with Gasteiger partial charge < -0.3 is 10.8 Å². The Labute approximate surface area is 106 Å². The number of aliphatic hydroxyl groups excluding tert-OH is 1. The molecule has 6 nitrogen and oxygen atoms in total. The van der Waals surface area contributed by atoms with Crippen LogP contribution in [-0.4, -0.2) is 32.6 Å². The third kappa shape index (κ3) is 3.29. The van der Waals surface area contributed by atoms with Crippen molar-refractivity contribution >= 4 is 5.91 Å². The Kier molecular flexibility index (Phi) is 4.30. The maximum atomic E-state index is 11.3. The smallest absolute Gasteiger partial charge is 0.271 e. The lowest BCUT2D eigenvalue weighted by molar-refractivity contribution is 0.0994. The van der Waals surface area contributed by atoms with Crippen LogP contribution in [0.4, 0.5) is 0 Å². The number of aryl methyl sites for hydroxylation is 1. The van der Waals surface area contributed by atoms with E-state index >= 15 is 0 Å². The molecule has 100 valence electrons. The van der Waals surface area contributed by atoms with Crippen LogP contribution in [0.15, 0.2) is 0 Å². The molecular weight excluding hydrogens is 232 g/mol. The summed E-state index contributed by atoms with van der Waals surface area (Å²) in [4.78, 5) is 11.3. The number of rotatable bonds is 8. The molecule has 1 fully saturated rings. The summed E-state index contributed by atoms with van der Waals surface area (Å²) in [7, 11) is 0. The van der Waals surface area contributed by atoms with Gasteiger partial charge in [0.25, 0.3) is 5.91 Å². The Hall–Kier alpha value is -1.43. The van der Waals surface area contributed by atoms with Crippen LogP contribution < -0.4 is 5.73 Å². The monoisotopic (exact) mass is 252 g/mol. The van der Waals surface area contributed by atoms with E-state index in [0.29, 0.717) is 11.6 Å². The van der Waals surface area contributed by atoms with E-state index in [2.05, 4.69) is 10.3 Å².